The molecule has 0 saturated carbocycles. The summed E-state index contributed by atoms with van der Waals surface area (Å²) in [5, 5.41) is 4.14. The topological polar surface area (TPSA) is 32.3 Å². The van der Waals surface area contributed by atoms with Gasteiger partial charge in [0.2, 0.25) is 0 Å². The van der Waals surface area contributed by atoms with Gasteiger partial charge in [-0.2, -0.15) is 0 Å². The first-order valence-corrected chi connectivity index (χ1v) is 10.1. The Morgan fingerprint density at radius 1 is 0.963 bits per heavy atom. The van der Waals surface area contributed by atoms with Crippen LogP contribution in [0.25, 0.3) is 0 Å². The molecule has 1 heterocycles. The van der Waals surface area contributed by atoms with Crippen molar-refractivity contribution in [2.75, 3.05) is 4.90 Å². The Hall–Kier alpha value is -2.00. The summed E-state index contributed by atoms with van der Waals surface area (Å²) in [5.74, 6) is 0.911. The first kappa shape index (κ1) is 19.8. The second-order valence-corrected chi connectivity index (χ2v) is 8.78. The summed E-state index contributed by atoms with van der Waals surface area (Å²) in [6, 6.07) is 15.8. The monoisotopic (exact) mass is 384 g/mol. The molecular formula is C23H29ClN2O. The molecule has 0 unspecified atom stereocenters. The fourth-order valence-corrected chi connectivity index (χ4v) is 4.46. The zero-order valence-electron chi connectivity index (χ0n) is 16.6. The van der Waals surface area contributed by atoms with E-state index in [0.29, 0.717) is 18.4 Å². The average Bonchev–Trinajstić information content (AvgIpc) is 2.59. The highest BCUT2D eigenvalue weighted by Gasteiger charge is 2.44. The standard InChI is InChI=1S/C23H29ClN2O/c1-16(2)13-23(14-17(3)4)25-22(27)19-10-6-8-12-21(19)26(23)15-18-9-5-7-11-20(18)24/h5-12,16-17H,13-15H2,1-4H3,(H,25,27). The number of carbonyl (C=O) groups is 1. The van der Waals surface area contributed by atoms with Crippen molar-refractivity contribution >= 4 is 23.2 Å². The lowest BCUT2D eigenvalue weighted by atomic mass is 9.84. The Morgan fingerprint density at radius 2 is 1.56 bits per heavy atom. The maximum Gasteiger partial charge on any atom is 0.255 e. The second-order valence-electron chi connectivity index (χ2n) is 8.38. The third kappa shape index (κ3) is 4.14. The van der Waals surface area contributed by atoms with Gasteiger partial charge in [-0.15, -0.1) is 0 Å². The van der Waals surface area contributed by atoms with Crippen molar-refractivity contribution in [2.45, 2.75) is 52.7 Å². The predicted molar refractivity (Wildman–Crippen MR) is 113 cm³/mol. The lowest BCUT2D eigenvalue weighted by Crippen LogP contribution is -2.65. The lowest BCUT2D eigenvalue weighted by molar-refractivity contribution is 0.0837. The van der Waals surface area contributed by atoms with Crippen molar-refractivity contribution in [1.29, 1.82) is 0 Å². The van der Waals surface area contributed by atoms with Gasteiger partial charge >= 0.3 is 0 Å². The van der Waals surface area contributed by atoms with Gasteiger partial charge in [-0.25, -0.2) is 0 Å². The van der Waals surface area contributed by atoms with E-state index in [9.17, 15) is 4.79 Å². The zero-order chi connectivity index (χ0) is 19.6. The smallest absolute Gasteiger partial charge is 0.255 e. The quantitative estimate of drug-likeness (QED) is 0.674. The van der Waals surface area contributed by atoms with Crippen molar-refractivity contribution in [1.82, 2.24) is 5.32 Å². The van der Waals surface area contributed by atoms with Crippen molar-refractivity contribution in [3.8, 4) is 0 Å². The Bertz CT molecular complexity index is 806. The third-order valence-corrected chi connectivity index (χ3v) is 5.45. The van der Waals surface area contributed by atoms with Crippen molar-refractivity contribution < 1.29 is 4.79 Å². The van der Waals surface area contributed by atoms with E-state index in [0.717, 1.165) is 34.7 Å². The second kappa shape index (κ2) is 7.93. The number of para-hydroxylation sites is 1. The van der Waals surface area contributed by atoms with Crippen LogP contribution in [0.1, 0.15) is 56.5 Å². The van der Waals surface area contributed by atoms with Gasteiger partial charge in [-0.1, -0.05) is 69.6 Å². The molecule has 0 saturated heterocycles. The number of rotatable bonds is 6. The first-order chi connectivity index (χ1) is 12.8. The van der Waals surface area contributed by atoms with E-state index in [1.807, 2.05) is 36.4 Å². The van der Waals surface area contributed by atoms with Crippen molar-refractivity contribution in [3.05, 3.63) is 64.7 Å². The fourth-order valence-electron chi connectivity index (χ4n) is 4.27. The Morgan fingerprint density at radius 3 is 2.19 bits per heavy atom. The van der Waals surface area contributed by atoms with Crippen LogP contribution in [0.3, 0.4) is 0 Å². The summed E-state index contributed by atoms with van der Waals surface area (Å²) in [6.45, 7) is 9.51. The summed E-state index contributed by atoms with van der Waals surface area (Å²) in [7, 11) is 0. The van der Waals surface area contributed by atoms with Crippen LogP contribution < -0.4 is 10.2 Å². The van der Waals surface area contributed by atoms with Gasteiger partial charge in [0, 0.05) is 11.6 Å². The SMILES string of the molecule is CC(C)CC1(CC(C)C)NC(=O)c2ccccc2N1Cc1ccccc1Cl. The number of amides is 1. The molecule has 3 rings (SSSR count). The summed E-state index contributed by atoms with van der Waals surface area (Å²) in [6.07, 6.45) is 1.77. The number of hydrogen-bond donors (Lipinski definition) is 1. The molecule has 2 aromatic carbocycles. The number of carbonyl (C=O) groups excluding carboxylic acids is 1. The summed E-state index contributed by atoms with van der Waals surface area (Å²) in [5.41, 5.74) is 2.37. The van der Waals surface area contributed by atoms with Crippen LogP contribution in [0.2, 0.25) is 5.02 Å². The van der Waals surface area contributed by atoms with Gasteiger partial charge in [-0.05, 0) is 48.4 Å². The largest absolute Gasteiger partial charge is 0.344 e. The Balaban J connectivity index is 2.14. The molecule has 0 spiro atoms. The number of nitrogens with zero attached hydrogens (tertiary/aromatic N) is 1. The fraction of sp³-hybridized carbons (Fsp3) is 0.435. The molecule has 1 amide bonds. The van der Waals surface area contributed by atoms with E-state index in [1.165, 1.54) is 0 Å². The van der Waals surface area contributed by atoms with Crippen LogP contribution in [0.4, 0.5) is 5.69 Å². The van der Waals surface area contributed by atoms with Gasteiger partial charge in [0.25, 0.3) is 5.91 Å². The minimum Gasteiger partial charge on any atom is -0.344 e. The van der Waals surface area contributed by atoms with Gasteiger partial charge in [0.1, 0.15) is 5.66 Å². The van der Waals surface area contributed by atoms with E-state index in [1.54, 1.807) is 0 Å². The molecule has 0 aromatic heterocycles. The van der Waals surface area contributed by atoms with Crippen LogP contribution in [-0.2, 0) is 6.54 Å². The summed E-state index contributed by atoms with van der Waals surface area (Å²) >= 11 is 6.49. The number of benzene rings is 2. The van der Waals surface area contributed by atoms with Crippen molar-refractivity contribution in [3.63, 3.8) is 0 Å². The van der Waals surface area contributed by atoms with Crippen molar-refractivity contribution in [2.24, 2.45) is 11.8 Å². The summed E-state index contributed by atoms with van der Waals surface area (Å²) in [4.78, 5) is 15.3. The number of halogens is 1. The average molecular weight is 385 g/mol. The predicted octanol–water partition coefficient (Wildman–Crippen LogP) is 5.88. The molecule has 144 valence electrons. The van der Waals surface area contributed by atoms with Gasteiger partial charge < -0.3 is 10.2 Å². The number of fused-ring (bicyclic) bond motifs is 1. The van der Waals surface area contributed by atoms with Gasteiger partial charge in [-0.3, -0.25) is 4.79 Å². The van der Waals surface area contributed by atoms with Crippen LogP contribution in [0, 0.1) is 11.8 Å². The Labute approximate surface area is 167 Å². The van der Waals surface area contributed by atoms with Gasteiger partial charge in [0.05, 0.1) is 11.3 Å². The highest BCUT2D eigenvalue weighted by Crippen LogP contribution is 2.40. The minimum absolute atomic E-state index is 0.0160. The van der Waals surface area contributed by atoms with E-state index >= 15 is 0 Å². The molecule has 0 radical (unpaired) electrons. The zero-order valence-corrected chi connectivity index (χ0v) is 17.4. The number of hydrogen-bond acceptors (Lipinski definition) is 2. The van der Waals surface area contributed by atoms with E-state index in [-0.39, 0.29) is 5.91 Å². The molecule has 27 heavy (non-hydrogen) atoms. The third-order valence-electron chi connectivity index (χ3n) is 5.08. The van der Waals surface area contributed by atoms with Crippen LogP contribution >= 0.6 is 11.6 Å². The molecule has 0 aliphatic carbocycles. The van der Waals surface area contributed by atoms with E-state index in [2.05, 4.69) is 50.0 Å². The molecule has 2 aromatic rings. The van der Waals surface area contributed by atoms with E-state index < -0.39 is 5.66 Å². The molecule has 1 aliphatic heterocycles. The van der Waals surface area contributed by atoms with Crippen LogP contribution in [0.5, 0.6) is 0 Å². The molecular weight excluding hydrogens is 356 g/mol. The molecule has 0 bridgehead atoms. The van der Waals surface area contributed by atoms with E-state index in [4.69, 9.17) is 11.6 Å². The number of anilines is 1. The first-order valence-electron chi connectivity index (χ1n) is 9.75. The molecule has 0 fully saturated rings. The highest BCUT2D eigenvalue weighted by atomic mass is 35.5. The molecule has 1 aliphatic rings. The molecule has 0 atom stereocenters. The summed E-state index contributed by atoms with van der Waals surface area (Å²) < 4.78 is 0. The molecule has 3 nitrogen and oxygen atoms in total. The van der Waals surface area contributed by atoms with Gasteiger partial charge in [0.15, 0.2) is 0 Å². The lowest BCUT2D eigenvalue weighted by Gasteiger charge is -2.51. The van der Waals surface area contributed by atoms with Crippen LogP contribution in [0.15, 0.2) is 48.5 Å². The highest BCUT2D eigenvalue weighted by molar-refractivity contribution is 6.31. The Kier molecular flexibility index (Phi) is 5.81. The van der Waals surface area contributed by atoms with Crippen LogP contribution in [-0.4, -0.2) is 11.6 Å². The molecule has 4 heteroatoms. The normalized spacial score (nSPS) is 15.8. The number of nitrogens with one attached hydrogen (secondary N) is 1. The maximum absolute atomic E-state index is 13.0. The minimum atomic E-state index is -0.424. The molecule has 1 N–H and O–H groups in total. The maximum atomic E-state index is 13.0.